The Morgan fingerprint density at radius 2 is 1.36 bits per heavy atom. The highest BCUT2D eigenvalue weighted by Gasteiger charge is 2.28. The SMILES string of the molecule is COc1cc2c(cc1O)[C@H](Cc1ccc(Oc3cc(C[C@H]4c5cc(OC)c(OC)cc5CCN4C)ccc3OC)cc1)NCC2. The van der Waals surface area contributed by atoms with Crippen molar-refractivity contribution in [2.24, 2.45) is 0 Å². The summed E-state index contributed by atoms with van der Waals surface area (Å²) in [5.74, 6) is 4.32. The van der Waals surface area contributed by atoms with Crippen molar-refractivity contribution in [3.63, 3.8) is 0 Å². The molecule has 4 aromatic rings. The molecule has 0 radical (unpaired) electrons. The molecule has 0 spiro atoms. The van der Waals surface area contributed by atoms with Gasteiger partial charge in [0.15, 0.2) is 34.5 Å². The molecule has 0 unspecified atom stereocenters. The molecule has 2 aliphatic heterocycles. The number of methoxy groups -OCH3 is 4. The third-order valence-corrected chi connectivity index (χ3v) is 9.12. The van der Waals surface area contributed by atoms with Crippen molar-refractivity contribution in [1.82, 2.24) is 10.2 Å². The molecule has 0 saturated heterocycles. The number of hydrogen-bond acceptors (Lipinski definition) is 8. The van der Waals surface area contributed by atoms with E-state index in [-0.39, 0.29) is 17.8 Å². The molecule has 2 aliphatic rings. The molecular weight excluding hydrogens is 568 g/mol. The second-order valence-corrected chi connectivity index (χ2v) is 11.8. The summed E-state index contributed by atoms with van der Waals surface area (Å²) in [6, 6.07) is 22.7. The lowest BCUT2D eigenvalue weighted by molar-refractivity contribution is 0.227. The number of phenols is 1. The van der Waals surface area contributed by atoms with Crippen LogP contribution in [0.3, 0.4) is 0 Å². The fourth-order valence-corrected chi connectivity index (χ4v) is 6.63. The van der Waals surface area contributed by atoms with Crippen molar-refractivity contribution in [2.75, 3.05) is 48.6 Å². The number of benzene rings is 4. The van der Waals surface area contributed by atoms with Crippen LogP contribution in [-0.2, 0) is 25.7 Å². The highest BCUT2D eigenvalue weighted by Crippen LogP contribution is 2.41. The number of phenolic OH excluding ortho intramolecular Hbond substituents is 1. The minimum atomic E-state index is 0.109. The van der Waals surface area contributed by atoms with Gasteiger partial charge >= 0.3 is 0 Å². The first-order chi connectivity index (χ1) is 21.9. The number of likely N-dealkylation sites (N-methyl/N-ethyl adjacent to an activating group) is 1. The summed E-state index contributed by atoms with van der Waals surface area (Å²) in [7, 11) is 8.78. The molecule has 0 aromatic heterocycles. The zero-order valence-corrected chi connectivity index (χ0v) is 26.7. The number of nitrogens with one attached hydrogen (secondary N) is 1. The predicted octanol–water partition coefficient (Wildman–Crippen LogP) is 6.42. The molecule has 0 amide bonds. The molecule has 2 N–H and O–H groups in total. The fourth-order valence-electron chi connectivity index (χ4n) is 6.63. The van der Waals surface area contributed by atoms with Gasteiger partial charge in [-0.3, -0.25) is 4.90 Å². The molecule has 2 atom stereocenters. The lowest BCUT2D eigenvalue weighted by Gasteiger charge is -2.35. The summed E-state index contributed by atoms with van der Waals surface area (Å²) >= 11 is 0. The highest BCUT2D eigenvalue weighted by atomic mass is 16.5. The van der Waals surface area contributed by atoms with Crippen molar-refractivity contribution in [1.29, 1.82) is 0 Å². The number of rotatable bonds is 10. The lowest BCUT2D eigenvalue weighted by atomic mass is 9.88. The molecule has 8 nitrogen and oxygen atoms in total. The van der Waals surface area contributed by atoms with Crippen molar-refractivity contribution in [3.8, 4) is 40.2 Å². The molecule has 0 fully saturated rings. The van der Waals surface area contributed by atoms with Crippen molar-refractivity contribution >= 4 is 0 Å². The summed E-state index contributed by atoms with van der Waals surface area (Å²) in [5, 5.41) is 14.0. The highest BCUT2D eigenvalue weighted by molar-refractivity contribution is 5.52. The summed E-state index contributed by atoms with van der Waals surface area (Å²) in [5.41, 5.74) is 7.22. The van der Waals surface area contributed by atoms with Crippen LogP contribution in [0, 0.1) is 0 Å². The van der Waals surface area contributed by atoms with Gasteiger partial charge in [0.25, 0.3) is 0 Å². The van der Waals surface area contributed by atoms with Crippen LogP contribution in [0.4, 0.5) is 0 Å². The summed E-state index contributed by atoms with van der Waals surface area (Å²) in [4.78, 5) is 2.40. The van der Waals surface area contributed by atoms with E-state index in [1.807, 2.05) is 30.3 Å². The zero-order chi connectivity index (χ0) is 31.5. The minimum Gasteiger partial charge on any atom is -0.504 e. The third kappa shape index (κ3) is 6.39. The Hall–Kier alpha value is -4.40. The van der Waals surface area contributed by atoms with E-state index in [0.29, 0.717) is 17.2 Å². The van der Waals surface area contributed by atoms with Gasteiger partial charge in [0, 0.05) is 18.6 Å². The van der Waals surface area contributed by atoms with Gasteiger partial charge in [0.05, 0.1) is 28.4 Å². The molecule has 6 rings (SSSR count). The number of nitrogens with zero attached hydrogens (tertiary/aromatic N) is 1. The fraction of sp³-hybridized carbons (Fsp3) is 0.351. The first-order valence-corrected chi connectivity index (χ1v) is 15.4. The third-order valence-electron chi connectivity index (χ3n) is 9.12. The monoisotopic (exact) mass is 610 g/mol. The van der Waals surface area contributed by atoms with Crippen molar-refractivity contribution < 1.29 is 28.8 Å². The number of hydrogen-bond donors (Lipinski definition) is 2. The van der Waals surface area contributed by atoms with Gasteiger partial charge in [0.1, 0.15) is 5.75 Å². The molecule has 8 heteroatoms. The maximum atomic E-state index is 10.4. The summed E-state index contributed by atoms with van der Waals surface area (Å²) in [6.07, 6.45) is 3.49. The second kappa shape index (κ2) is 13.3. The van der Waals surface area contributed by atoms with E-state index < -0.39 is 0 Å². The molecular formula is C37H42N2O6. The van der Waals surface area contributed by atoms with Gasteiger partial charge in [-0.1, -0.05) is 18.2 Å². The predicted molar refractivity (Wildman–Crippen MR) is 175 cm³/mol. The topological polar surface area (TPSA) is 81.7 Å². The van der Waals surface area contributed by atoms with Crippen molar-refractivity contribution in [3.05, 3.63) is 100 Å². The van der Waals surface area contributed by atoms with Gasteiger partial charge in [-0.2, -0.15) is 0 Å². The van der Waals surface area contributed by atoms with E-state index in [1.54, 1.807) is 28.4 Å². The van der Waals surface area contributed by atoms with Crippen LogP contribution in [0.2, 0.25) is 0 Å². The average Bonchev–Trinajstić information content (AvgIpc) is 3.06. The summed E-state index contributed by atoms with van der Waals surface area (Å²) < 4.78 is 28.6. The van der Waals surface area contributed by atoms with E-state index in [0.717, 1.165) is 67.1 Å². The van der Waals surface area contributed by atoms with Crippen LogP contribution in [0.5, 0.6) is 40.2 Å². The van der Waals surface area contributed by atoms with E-state index in [9.17, 15) is 5.11 Å². The van der Waals surface area contributed by atoms with Gasteiger partial charge in [-0.15, -0.1) is 0 Å². The van der Waals surface area contributed by atoms with Gasteiger partial charge in [-0.25, -0.2) is 0 Å². The Labute approximate surface area is 265 Å². The van der Waals surface area contributed by atoms with E-state index in [4.69, 9.17) is 23.7 Å². The quantitative estimate of drug-likeness (QED) is 0.213. The summed E-state index contributed by atoms with van der Waals surface area (Å²) in [6.45, 7) is 1.85. The molecule has 4 aromatic carbocycles. The lowest BCUT2D eigenvalue weighted by Crippen LogP contribution is -2.33. The standard InChI is InChI=1S/C37H42N2O6/c1-39-15-13-26-20-35(43-4)36(44-5)22-29(26)31(39)17-24-8-11-33(41-2)37(18-24)45-27-9-6-23(7-10-27)16-30-28-21-32(40)34(42-3)19-25(28)12-14-38-30/h6-11,18-22,30-31,38,40H,12-17H2,1-5H3/t30-,31-/m0/s1. The first-order valence-electron chi connectivity index (χ1n) is 15.4. The molecule has 0 aliphatic carbocycles. The Balaban J connectivity index is 1.19. The van der Waals surface area contributed by atoms with Crippen LogP contribution in [0.1, 0.15) is 45.5 Å². The Bertz CT molecular complexity index is 1650. The molecule has 0 bridgehead atoms. The van der Waals surface area contributed by atoms with E-state index in [2.05, 4.69) is 53.7 Å². The first kappa shape index (κ1) is 30.6. The normalized spacial score (nSPS) is 17.6. The maximum absolute atomic E-state index is 10.4. The van der Waals surface area contributed by atoms with Crippen LogP contribution < -0.4 is 29.0 Å². The van der Waals surface area contributed by atoms with Gasteiger partial charge < -0.3 is 34.1 Å². The Kier molecular flexibility index (Phi) is 9.05. The van der Waals surface area contributed by atoms with Gasteiger partial charge in [0.2, 0.25) is 0 Å². The minimum absolute atomic E-state index is 0.109. The number of fused-ring (bicyclic) bond motifs is 2. The Morgan fingerprint density at radius 1 is 0.689 bits per heavy atom. The number of ether oxygens (including phenoxy) is 5. The van der Waals surface area contributed by atoms with Crippen LogP contribution in [0.15, 0.2) is 66.7 Å². The molecule has 236 valence electrons. The smallest absolute Gasteiger partial charge is 0.169 e. The van der Waals surface area contributed by atoms with Gasteiger partial charge in [-0.05, 0) is 121 Å². The zero-order valence-electron chi connectivity index (χ0n) is 26.7. The largest absolute Gasteiger partial charge is 0.504 e. The van der Waals surface area contributed by atoms with Crippen molar-refractivity contribution in [2.45, 2.75) is 37.8 Å². The van der Waals surface area contributed by atoms with Crippen LogP contribution >= 0.6 is 0 Å². The van der Waals surface area contributed by atoms with E-state index >= 15 is 0 Å². The molecule has 2 heterocycles. The van der Waals surface area contributed by atoms with E-state index in [1.165, 1.54) is 22.3 Å². The Morgan fingerprint density at radius 3 is 2.09 bits per heavy atom. The average molecular weight is 611 g/mol. The second-order valence-electron chi connectivity index (χ2n) is 11.8. The number of aromatic hydroxyl groups is 1. The van der Waals surface area contributed by atoms with Crippen LogP contribution in [0.25, 0.3) is 0 Å². The molecule has 0 saturated carbocycles. The molecule has 45 heavy (non-hydrogen) atoms. The van der Waals surface area contributed by atoms with Crippen LogP contribution in [-0.4, -0.2) is 58.6 Å². The maximum Gasteiger partial charge on any atom is 0.169 e.